The van der Waals surface area contributed by atoms with Crippen molar-refractivity contribution < 1.29 is 9.59 Å². The smallest absolute Gasteiger partial charge is 0.253 e. The van der Waals surface area contributed by atoms with Crippen molar-refractivity contribution in [2.75, 3.05) is 19.6 Å². The van der Waals surface area contributed by atoms with Crippen LogP contribution in [-0.2, 0) is 4.79 Å². The molecule has 0 saturated carbocycles. The molecule has 4 rings (SSSR count). The predicted molar refractivity (Wildman–Crippen MR) is 128 cm³/mol. The van der Waals surface area contributed by atoms with Gasteiger partial charge in [-0.05, 0) is 48.2 Å². The molecule has 0 aromatic heterocycles. The van der Waals surface area contributed by atoms with E-state index < -0.39 is 0 Å². The zero-order chi connectivity index (χ0) is 22.3. The summed E-state index contributed by atoms with van der Waals surface area (Å²) in [5.74, 6) is -0.162. The zero-order valence-corrected chi connectivity index (χ0v) is 18.7. The lowest BCUT2D eigenvalue weighted by Gasteiger charge is -2.32. The van der Waals surface area contributed by atoms with Crippen LogP contribution in [0.2, 0.25) is 5.02 Å². The second-order valence-corrected chi connectivity index (χ2v) is 8.65. The van der Waals surface area contributed by atoms with Crippen molar-refractivity contribution in [3.05, 3.63) is 107 Å². The Kier molecular flexibility index (Phi) is 7.23. The predicted octanol–water partition coefficient (Wildman–Crippen LogP) is 5.14. The first-order chi connectivity index (χ1) is 15.6. The van der Waals surface area contributed by atoms with Gasteiger partial charge in [-0.25, -0.2) is 0 Å². The van der Waals surface area contributed by atoms with E-state index in [0.29, 0.717) is 30.2 Å². The molecule has 5 heteroatoms. The molecular weight excluding hydrogens is 420 g/mol. The van der Waals surface area contributed by atoms with Gasteiger partial charge in [0.15, 0.2) is 0 Å². The van der Waals surface area contributed by atoms with Gasteiger partial charge in [0.25, 0.3) is 5.91 Å². The van der Waals surface area contributed by atoms with E-state index in [1.165, 1.54) is 11.1 Å². The molecule has 0 radical (unpaired) electrons. The first-order valence-electron chi connectivity index (χ1n) is 11.0. The van der Waals surface area contributed by atoms with Crippen molar-refractivity contribution >= 4 is 23.4 Å². The Hall–Kier alpha value is -3.11. The van der Waals surface area contributed by atoms with E-state index in [1.807, 2.05) is 36.4 Å². The van der Waals surface area contributed by atoms with E-state index >= 15 is 0 Å². The number of piperidine rings is 1. The van der Waals surface area contributed by atoms with Crippen molar-refractivity contribution in [3.8, 4) is 0 Å². The summed E-state index contributed by atoms with van der Waals surface area (Å²) in [6, 6.07) is 27.4. The fourth-order valence-electron chi connectivity index (χ4n) is 4.30. The molecule has 0 aliphatic carbocycles. The molecule has 164 valence electrons. The van der Waals surface area contributed by atoms with Crippen LogP contribution in [0.5, 0.6) is 0 Å². The molecule has 3 aromatic rings. The minimum absolute atomic E-state index is 0.00969. The largest absolute Gasteiger partial charge is 0.355 e. The highest BCUT2D eigenvalue weighted by molar-refractivity contribution is 6.30. The second-order valence-electron chi connectivity index (χ2n) is 8.22. The SMILES string of the molecule is O=C(NCC(c1ccccc1)c1ccccc1)C1CCCN(C(=O)c2ccc(Cl)cc2)C1. The fraction of sp³-hybridized carbons (Fsp3) is 0.259. The van der Waals surface area contributed by atoms with Gasteiger partial charge in [0, 0.05) is 36.1 Å². The van der Waals surface area contributed by atoms with Crippen LogP contribution >= 0.6 is 11.6 Å². The summed E-state index contributed by atoms with van der Waals surface area (Å²) in [4.78, 5) is 27.7. The van der Waals surface area contributed by atoms with Gasteiger partial charge in [0.2, 0.25) is 5.91 Å². The van der Waals surface area contributed by atoms with E-state index in [1.54, 1.807) is 29.2 Å². The molecule has 0 spiro atoms. The summed E-state index contributed by atoms with van der Waals surface area (Å²) in [6.45, 7) is 1.63. The highest BCUT2D eigenvalue weighted by Crippen LogP contribution is 2.25. The Morgan fingerprint density at radius 2 is 1.50 bits per heavy atom. The Morgan fingerprint density at radius 3 is 2.09 bits per heavy atom. The van der Waals surface area contributed by atoms with E-state index in [9.17, 15) is 9.59 Å². The van der Waals surface area contributed by atoms with Crippen LogP contribution in [0.1, 0.15) is 40.2 Å². The second kappa shape index (κ2) is 10.5. The molecule has 1 unspecified atom stereocenters. The Morgan fingerprint density at radius 1 is 0.906 bits per heavy atom. The molecule has 1 saturated heterocycles. The molecule has 1 heterocycles. The summed E-state index contributed by atoms with van der Waals surface area (Å²) >= 11 is 5.94. The third-order valence-corrected chi connectivity index (χ3v) is 6.31. The lowest BCUT2D eigenvalue weighted by Crippen LogP contribution is -2.46. The molecule has 2 amide bonds. The average molecular weight is 447 g/mol. The fourth-order valence-corrected chi connectivity index (χ4v) is 4.42. The van der Waals surface area contributed by atoms with Crippen LogP contribution in [0, 0.1) is 5.92 Å². The summed E-state index contributed by atoms with van der Waals surface area (Å²) < 4.78 is 0. The average Bonchev–Trinajstić information content (AvgIpc) is 2.85. The number of likely N-dealkylation sites (tertiary alicyclic amines) is 1. The third-order valence-electron chi connectivity index (χ3n) is 6.05. The number of nitrogens with zero attached hydrogens (tertiary/aromatic N) is 1. The van der Waals surface area contributed by atoms with E-state index in [-0.39, 0.29) is 23.7 Å². The van der Waals surface area contributed by atoms with E-state index in [4.69, 9.17) is 11.6 Å². The van der Waals surface area contributed by atoms with Gasteiger partial charge in [-0.15, -0.1) is 0 Å². The van der Waals surface area contributed by atoms with Crippen LogP contribution in [0.15, 0.2) is 84.9 Å². The van der Waals surface area contributed by atoms with Gasteiger partial charge < -0.3 is 10.2 Å². The third kappa shape index (κ3) is 5.38. The number of carbonyl (C=O) groups is 2. The molecule has 1 aliphatic rings. The Labute approximate surface area is 194 Å². The Balaban J connectivity index is 1.41. The maximum atomic E-state index is 13.0. The van der Waals surface area contributed by atoms with Crippen LogP contribution in [0.25, 0.3) is 0 Å². The number of rotatable bonds is 6. The minimum atomic E-state index is -0.202. The van der Waals surface area contributed by atoms with Gasteiger partial charge >= 0.3 is 0 Å². The molecule has 1 atom stereocenters. The molecule has 1 N–H and O–H groups in total. The van der Waals surface area contributed by atoms with Crippen molar-refractivity contribution in [2.24, 2.45) is 5.92 Å². The topological polar surface area (TPSA) is 49.4 Å². The highest BCUT2D eigenvalue weighted by atomic mass is 35.5. The molecule has 0 bridgehead atoms. The lowest BCUT2D eigenvalue weighted by molar-refractivity contribution is -0.126. The first kappa shape index (κ1) is 22.1. The van der Waals surface area contributed by atoms with Crippen molar-refractivity contribution in [3.63, 3.8) is 0 Å². The van der Waals surface area contributed by atoms with Gasteiger partial charge in [0.1, 0.15) is 0 Å². The van der Waals surface area contributed by atoms with Crippen LogP contribution in [0.4, 0.5) is 0 Å². The minimum Gasteiger partial charge on any atom is -0.355 e. The number of halogens is 1. The van der Waals surface area contributed by atoms with Gasteiger partial charge in [-0.1, -0.05) is 72.3 Å². The Bertz CT molecular complexity index is 999. The number of benzene rings is 3. The van der Waals surface area contributed by atoms with Gasteiger partial charge in [0.05, 0.1) is 5.92 Å². The lowest BCUT2D eigenvalue weighted by atomic mass is 9.90. The van der Waals surface area contributed by atoms with Gasteiger partial charge in [-0.2, -0.15) is 0 Å². The van der Waals surface area contributed by atoms with Crippen molar-refractivity contribution in [1.29, 1.82) is 0 Å². The molecule has 32 heavy (non-hydrogen) atoms. The van der Waals surface area contributed by atoms with Crippen LogP contribution < -0.4 is 5.32 Å². The van der Waals surface area contributed by atoms with E-state index in [0.717, 1.165) is 12.8 Å². The summed E-state index contributed by atoms with van der Waals surface area (Å²) in [6.07, 6.45) is 1.61. The summed E-state index contributed by atoms with van der Waals surface area (Å²) in [5, 5.41) is 3.76. The number of hydrogen-bond acceptors (Lipinski definition) is 2. The highest BCUT2D eigenvalue weighted by Gasteiger charge is 2.29. The summed E-state index contributed by atoms with van der Waals surface area (Å²) in [7, 11) is 0. The normalized spacial score (nSPS) is 16.1. The van der Waals surface area contributed by atoms with Crippen molar-refractivity contribution in [1.82, 2.24) is 10.2 Å². The van der Waals surface area contributed by atoms with Crippen LogP contribution in [0.3, 0.4) is 0 Å². The standard InChI is InChI=1S/C27H27ClN2O2/c28-24-15-13-22(14-16-24)27(32)30-17-7-12-23(19-30)26(31)29-18-25(20-8-3-1-4-9-20)21-10-5-2-6-11-21/h1-6,8-11,13-16,23,25H,7,12,17-19H2,(H,29,31). The maximum absolute atomic E-state index is 13.0. The zero-order valence-electron chi connectivity index (χ0n) is 17.9. The number of carbonyl (C=O) groups excluding carboxylic acids is 2. The van der Waals surface area contributed by atoms with E-state index in [2.05, 4.69) is 29.6 Å². The first-order valence-corrected chi connectivity index (χ1v) is 11.4. The summed E-state index contributed by atoms with van der Waals surface area (Å²) in [5.41, 5.74) is 2.94. The van der Waals surface area contributed by atoms with Crippen LogP contribution in [-0.4, -0.2) is 36.3 Å². The molecule has 1 aliphatic heterocycles. The molecular formula is C27H27ClN2O2. The number of amides is 2. The van der Waals surface area contributed by atoms with Crippen molar-refractivity contribution in [2.45, 2.75) is 18.8 Å². The number of hydrogen-bond donors (Lipinski definition) is 1. The molecule has 1 fully saturated rings. The monoisotopic (exact) mass is 446 g/mol. The molecule has 3 aromatic carbocycles. The quantitative estimate of drug-likeness (QED) is 0.569. The molecule has 4 nitrogen and oxygen atoms in total. The maximum Gasteiger partial charge on any atom is 0.253 e. The van der Waals surface area contributed by atoms with Gasteiger partial charge in [-0.3, -0.25) is 9.59 Å². The number of nitrogens with one attached hydrogen (secondary N) is 1.